The van der Waals surface area contributed by atoms with Crippen LogP contribution in [0.5, 0.6) is 0 Å². The highest BCUT2D eigenvalue weighted by Crippen LogP contribution is 2.26. The molecule has 0 aromatic rings. The Morgan fingerprint density at radius 2 is 0.839 bits per heavy atom. The summed E-state index contributed by atoms with van der Waals surface area (Å²) in [7, 11) is 3.70. The van der Waals surface area contributed by atoms with Gasteiger partial charge in [0.1, 0.15) is 6.10 Å². The third-order valence-corrected chi connectivity index (χ3v) is 11.8. The smallest absolute Gasteiger partial charge is 0.398 e. The van der Waals surface area contributed by atoms with Gasteiger partial charge in [-0.3, -0.25) is 14.4 Å². The van der Waals surface area contributed by atoms with Crippen molar-refractivity contribution in [2.75, 3.05) is 40.3 Å². The lowest BCUT2D eigenvalue weighted by molar-refractivity contribution is -0.484. The number of carbonyl (C=O) groups is 3. The van der Waals surface area contributed by atoms with Crippen molar-refractivity contribution in [3.05, 3.63) is 0 Å². The van der Waals surface area contributed by atoms with E-state index in [-0.39, 0.29) is 37.6 Å². The molecule has 0 aromatic heterocycles. The molecular weight excluding hydrogens is 789 g/mol. The van der Waals surface area contributed by atoms with Gasteiger partial charge in [0.25, 0.3) is 0 Å². The first-order valence-corrected chi connectivity index (χ1v) is 25.7. The first-order chi connectivity index (χ1) is 29.8. The molecule has 62 heavy (non-hydrogen) atoms. The van der Waals surface area contributed by atoms with Gasteiger partial charge >= 0.3 is 29.8 Å². The highest BCUT2D eigenvalue weighted by atomic mass is 16.8. The maximum Gasteiger partial charge on any atom is 0.398 e. The zero-order valence-electron chi connectivity index (χ0n) is 40.8. The summed E-state index contributed by atoms with van der Waals surface area (Å²) in [6.45, 7) is 7.96. The SMILES string of the molecule is CCCCCCCCCOC(=O)CCCCCCCN(CCCCCCCC(=O)OC(CCCCCCCC)CCCCCCCC)C(O)(O)C(O)(O)OC(=O)CCCN(C)C. The monoisotopic (exact) mass is 887 g/mol. The average molecular weight is 887 g/mol. The molecule has 0 radical (unpaired) electrons. The van der Waals surface area contributed by atoms with Crippen LogP contribution in [0.15, 0.2) is 0 Å². The maximum atomic E-state index is 12.9. The Labute approximate surface area is 379 Å². The molecule has 0 atom stereocenters. The van der Waals surface area contributed by atoms with Gasteiger partial charge in [-0.05, 0) is 84.8 Å². The van der Waals surface area contributed by atoms with E-state index in [2.05, 4.69) is 20.8 Å². The number of nitrogens with zero attached hydrogens (tertiary/aromatic N) is 2. The van der Waals surface area contributed by atoms with Crippen LogP contribution in [0.3, 0.4) is 0 Å². The van der Waals surface area contributed by atoms with E-state index in [1.165, 1.54) is 96.3 Å². The van der Waals surface area contributed by atoms with Crippen LogP contribution in [0.1, 0.15) is 245 Å². The maximum absolute atomic E-state index is 12.9. The third kappa shape index (κ3) is 34.6. The number of rotatable bonds is 46. The molecule has 0 spiro atoms. The highest BCUT2D eigenvalue weighted by molar-refractivity contribution is 5.70. The summed E-state index contributed by atoms with van der Waals surface area (Å²) in [5.74, 6) is -8.02. The lowest BCUT2D eigenvalue weighted by Gasteiger charge is -2.41. The van der Waals surface area contributed by atoms with Crippen molar-refractivity contribution in [2.45, 2.75) is 263 Å². The van der Waals surface area contributed by atoms with E-state index in [1.54, 1.807) is 0 Å². The number of aliphatic hydroxyl groups is 4. The minimum Gasteiger partial charge on any atom is -0.466 e. The van der Waals surface area contributed by atoms with Crippen LogP contribution in [0, 0.1) is 0 Å². The molecule has 4 N–H and O–H groups in total. The molecule has 12 heteroatoms. The molecule has 368 valence electrons. The van der Waals surface area contributed by atoms with E-state index in [9.17, 15) is 34.8 Å². The van der Waals surface area contributed by atoms with Gasteiger partial charge < -0.3 is 39.5 Å². The van der Waals surface area contributed by atoms with Crippen LogP contribution in [0.25, 0.3) is 0 Å². The van der Waals surface area contributed by atoms with Crippen LogP contribution < -0.4 is 0 Å². The number of carbonyl (C=O) groups excluding carboxylic acids is 3. The fraction of sp³-hybridized carbons (Fsp3) is 0.940. The minimum atomic E-state index is -3.54. The van der Waals surface area contributed by atoms with Crippen LogP contribution in [0.4, 0.5) is 0 Å². The van der Waals surface area contributed by atoms with E-state index >= 15 is 0 Å². The molecule has 0 fully saturated rings. The van der Waals surface area contributed by atoms with Gasteiger partial charge in [0.15, 0.2) is 0 Å². The number of ether oxygens (including phenoxy) is 3. The van der Waals surface area contributed by atoms with Crippen LogP contribution in [0.2, 0.25) is 0 Å². The molecule has 0 aliphatic heterocycles. The van der Waals surface area contributed by atoms with Gasteiger partial charge in [0.2, 0.25) is 0 Å². The third-order valence-electron chi connectivity index (χ3n) is 11.8. The molecule has 0 saturated heterocycles. The van der Waals surface area contributed by atoms with Crippen molar-refractivity contribution in [1.82, 2.24) is 9.80 Å². The zero-order valence-corrected chi connectivity index (χ0v) is 40.8. The largest absolute Gasteiger partial charge is 0.466 e. The van der Waals surface area contributed by atoms with Crippen molar-refractivity contribution < 1.29 is 49.0 Å². The lowest BCUT2D eigenvalue weighted by atomic mass is 10.0. The van der Waals surface area contributed by atoms with Gasteiger partial charge in [0, 0.05) is 32.4 Å². The molecular formula is C50H98N2O10. The summed E-state index contributed by atoms with van der Waals surface area (Å²) in [4.78, 5) is 40.5. The van der Waals surface area contributed by atoms with Crippen molar-refractivity contribution in [2.24, 2.45) is 0 Å². The van der Waals surface area contributed by atoms with Gasteiger partial charge in [-0.15, -0.1) is 0 Å². The van der Waals surface area contributed by atoms with Crippen molar-refractivity contribution in [3.63, 3.8) is 0 Å². The Morgan fingerprint density at radius 3 is 1.31 bits per heavy atom. The molecule has 0 rings (SSSR count). The molecule has 0 heterocycles. The van der Waals surface area contributed by atoms with Crippen LogP contribution >= 0.6 is 0 Å². The minimum absolute atomic E-state index is 0.00118. The summed E-state index contributed by atoms with van der Waals surface area (Å²) in [5.41, 5.74) is 0. The molecule has 0 saturated carbocycles. The van der Waals surface area contributed by atoms with Crippen LogP contribution in [-0.4, -0.2) is 106 Å². The molecule has 0 unspecified atom stereocenters. The summed E-state index contributed by atoms with van der Waals surface area (Å²) >= 11 is 0. The van der Waals surface area contributed by atoms with E-state index in [0.717, 1.165) is 81.9 Å². The van der Waals surface area contributed by atoms with Crippen LogP contribution in [-0.2, 0) is 28.6 Å². The summed E-state index contributed by atoms with van der Waals surface area (Å²) in [6, 6.07) is 0. The molecule has 0 aliphatic rings. The molecule has 0 amide bonds. The van der Waals surface area contributed by atoms with E-state index in [0.29, 0.717) is 58.1 Å². The Bertz CT molecular complexity index is 1040. The fourth-order valence-corrected chi connectivity index (χ4v) is 7.78. The Kier molecular flexibility index (Phi) is 39.5. The Morgan fingerprint density at radius 1 is 0.452 bits per heavy atom. The van der Waals surface area contributed by atoms with Crippen molar-refractivity contribution in [1.29, 1.82) is 0 Å². The molecule has 0 bridgehead atoms. The second-order valence-electron chi connectivity index (χ2n) is 18.2. The number of esters is 3. The quantitative estimate of drug-likeness (QED) is 0.0198. The predicted molar refractivity (Wildman–Crippen MR) is 250 cm³/mol. The van der Waals surface area contributed by atoms with Gasteiger partial charge in [0.05, 0.1) is 6.61 Å². The summed E-state index contributed by atoms with van der Waals surface area (Å²) in [6.07, 6.45) is 32.9. The number of hydrogen-bond acceptors (Lipinski definition) is 12. The fourth-order valence-electron chi connectivity index (χ4n) is 7.78. The standard InChI is InChI=1S/C50H98N2O10/c1-6-9-12-15-18-27-34-44-60-46(53)38-30-23-19-25-32-42-52(49(56,57)50(58,59)62-48(55)40-35-41-51(4)5)43-33-26-20-24-31-39-47(54)61-45(36-28-21-16-13-10-7-2)37-29-22-17-14-11-8-3/h45,56-59H,6-44H2,1-5H3. The second-order valence-corrected chi connectivity index (χ2v) is 18.2. The average Bonchev–Trinajstić information content (AvgIpc) is 3.22. The number of hydrogen-bond donors (Lipinski definition) is 4. The second kappa shape index (κ2) is 40.7. The Balaban J connectivity index is 4.91. The highest BCUT2D eigenvalue weighted by Gasteiger charge is 2.55. The Hall–Kier alpha value is -1.83. The van der Waals surface area contributed by atoms with E-state index in [4.69, 9.17) is 14.2 Å². The topological polar surface area (TPSA) is 166 Å². The first-order valence-electron chi connectivity index (χ1n) is 25.7. The van der Waals surface area contributed by atoms with E-state index in [1.807, 2.05) is 19.0 Å². The van der Waals surface area contributed by atoms with Gasteiger partial charge in [-0.2, -0.15) is 0 Å². The van der Waals surface area contributed by atoms with Crippen molar-refractivity contribution in [3.8, 4) is 0 Å². The summed E-state index contributed by atoms with van der Waals surface area (Å²) in [5, 5.41) is 43.6. The summed E-state index contributed by atoms with van der Waals surface area (Å²) < 4.78 is 16.2. The van der Waals surface area contributed by atoms with Gasteiger partial charge in [-0.25, -0.2) is 4.90 Å². The number of unbranched alkanes of at least 4 members (excludes halogenated alkanes) is 24. The normalized spacial score (nSPS) is 12.2. The first kappa shape index (κ1) is 60.2. The van der Waals surface area contributed by atoms with Crippen molar-refractivity contribution >= 4 is 17.9 Å². The predicted octanol–water partition coefficient (Wildman–Crippen LogP) is 10.8. The molecule has 12 nitrogen and oxygen atoms in total. The lowest BCUT2D eigenvalue weighted by Crippen LogP contribution is -2.66. The van der Waals surface area contributed by atoms with E-state index < -0.39 is 17.9 Å². The molecule has 0 aromatic carbocycles. The van der Waals surface area contributed by atoms with Gasteiger partial charge in [-0.1, -0.05) is 162 Å². The zero-order chi connectivity index (χ0) is 46.2. The molecule has 0 aliphatic carbocycles.